The molecule has 2 atom stereocenters. The summed E-state index contributed by atoms with van der Waals surface area (Å²) in [5, 5.41) is 16.1. The van der Waals surface area contributed by atoms with Gasteiger partial charge in [0.1, 0.15) is 6.04 Å². The van der Waals surface area contributed by atoms with Crippen LogP contribution in [0.25, 0.3) is 10.9 Å². The zero-order valence-electron chi connectivity index (χ0n) is 21.4. The number of aromatic nitrogens is 5. The Morgan fingerprint density at radius 3 is 2.89 bits per heavy atom. The lowest BCUT2D eigenvalue weighted by Crippen LogP contribution is -2.41. The Bertz CT molecular complexity index is 1370. The van der Waals surface area contributed by atoms with E-state index in [1.54, 1.807) is 11.3 Å². The molecule has 1 saturated heterocycles. The molecule has 36 heavy (non-hydrogen) atoms. The Balaban J connectivity index is 1.70. The maximum Gasteiger partial charge on any atom is 0.253 e. The van der Waals surface area contributed by atoms with Gasteiger partial charge in [-0.15, -0.1) is 16.4 Å². The third-order valence-electron chi connectivity index (χ3n) is 7.27. The highest BCUT2D eigenvalue weighted by Crippen LogP contribution is 2.33. The van der Waals surface area contributed by atoms with Gasteiger partial charge >= 0.3 is 0 Å². The number of hydrogen-bond donors (Lipinski definition) is 1. The quantitative estimate of drug-likeness (QED) is 0.351. The molecule has 0 radical (unpaired) electrons. The summed E-state index contributed by atoms with van der Waals surface area (Å²) in [4.78, 5) is 20.3. The van der Waals surface area contributed by atoms with Gasteiger partial charge in [-0.05, 0) is 85.5 Å². The third-order valence-corrected chi connectivity index (χ3v) is 8.13. The fourth-order valence-electron chi connectivity index (χ4n) is 4.90. The van der Waals surface area contributed by atoms with E-state index in [9.17, 15) is 4.79 Å². The molecule has 1 aliphatic rings. The van der Waals surface area contributed by atoms with Crippen LogP contribution in [0.4, 0.5) is 0 Å². The van der Waals surface area contributed by atoms with Gasteiger partial charge in [-0.25, -0.2) is 4.68 Å². The van der Waals surface area contributed by atoms with Crippen molar-refractivity contribution >= 4 is 22.2 Å². The van der Waals surface area contributed by atoms with Gasteiger partial charge in [0.25, 0.3) is 5.56 Å². The van der Waals surface area contributed by atoms with Gasteiger partial charge < -0.3 is 9.72 Å². The van der Waals surface area contributed by atoms with Gasteiger partial charge in [0.2, 0.25) is 0 Å². The molecule has 8 nitrogen and oxygen atoms in total. The van der Waals surface area contributed by atoms with E-state index < -0.39 is 6.04 Å². The van der Waals surface area contributed by atoms with Crippen LogP contribution in [0, 0.1) is 6.92 Å². The molecular formula is C27H34N6O2S. The second-order valence-electron chi connectivity index (χ2n) is 10.3. The molecule has 1 aliphatic heterocycles. The molecule has 4 heterocycles. The minimum absolute atomic E-state index is 0.109. The number of nitrogens with zero attached hydrogens (tertiary/aromatic N) is 5. The van der Waals surface area contributed by atoms with E-state index >= 15 is 0 Å². The van der Waals surface area contributed by atoms with Crippen molar-refractivity contribution in [2.45, 2.75) is 71.2 Å². The Hall–Kier alpha value is -2.88. The molecule has 0 amide bonds. The Morgan fingerprint density at radius 2 is 2.17 bits per heavy atom. The lowest BCUT2D eigenvalue weighted by Gasteiger charge is -2.34. The Labute approximate surface area is 215 Å². The lowest BCUT2D eigenvalue weighted by atomic mass is 9.98. The smallest absolute Gasteiger partial charge is 0.253 e. The summed E-state index contributed by atoms with van der Waals surface area (Å²) in [5.41, 5.74) is 2.18. The average Bonchev–Trinajstić information content (AvgIpc) is 3.63. The Kier molecular flexibility index (Phi) is 7.05. The molecule has 0 saturated carbocycles. The molecular weight excluding hydrogens is 472 g/mol. The number of aromatic amines is 1. The van der Waals surface area contributed by atoms with Gasteiger partial charge in [-0.1, -0.05) is 24.6 Å². The summed E-state index contributed by atoms with van der Waals surface area (Å²) in [5.74, 6) is 0.675. The molecule has 5 rings (SSSR count). The van der Waals surface area contributed by atoms with E-state index in [4.69, 9.17) is 4.74 Å². The lowest BCUT2D eigenvalue weighted by molar-refractivity contribution is 0.0566. The number of fused-ring (bicyclic) bond motifs is 1. The second kappa shape index (κ2) is 10.2. The number of nitrogens with one attached hydrogen (secondary N) is 1. The van der Waals surface area contributed by atoms with E-state index in [-0.39, 0.29) is 17.2 Å². The normalized spacial score (nSPS) is 17.3. The van der Waals surface area contributed by atoms with E-state index in [1.165, 1.54) is 4.88 Å². The number of rotatable bonds is 9. The molecule has 0 aliphatic carbocycles. The first-order chi connectivity index (χ1) is 17.4. The van der Waals surface area contributed by atoms with Crippen molar-refractivity contribution in [2.75, 3.05) is 13.2 Å². The van der Waals surface area contributed by atoms with Crippen LogP contribution >= 0.6 is 11.3 Å². The highest BCUT2D eigenvalue weighted by atomic mass is 32.1. The fraction of sp³-hybridized carbons (Fsp3) is 0.481. The van der Waals surface area contributed by atoms with Crippen molar-refractivity contribution in [2.24, 2.45) is 0 Å². The molecule has 0 spiro atoms. The zero-order chi connectivity index (χ0) is 25.3. The maximum absolute atomic E-state index is 13.6. The number of aryl methyl sites for hydroxylation is 1. The summed E-state index contributed by atoms with van der Waals surface area (Å²) in [6, 6.07) is 11.9. The van der Waals surface area contributed by atoms with Crippen LogP contribution in [0.1, 0.15) is 67.9 Å². The summed E-state index contributed by atoms with van der Waals surface area (Å²) in [6.07, 6.45) is 3.02. The van der Waals surface area contributed by atoms with E-state index in [1.807, 2.05) is 22.9 Å². The number of thiophene rings is 1. The van der Waals surface area contributed by atoms with Crippen molar-refractivity contribution in [3.05, 3.63) is 74.0 Å². The Morgan fingerprint density at radius 1 is 1.31 bits per heavy atom. The van der Waals surface area contributed by atoms with Crippen LogP contribution in [-0.2, 0) is 16.8 Å². The topological polar surface area (TPSA) is 88.9 Å². The van der Waals surface area contributed by atoms with Crippen LogP contribution < -0.4 is 5.56 Å². The fourth-order valence-corrected chi connectivity index (χ4v) is 5.63. The van der Waals surface area contributed by atoms with Gasteiger partial charge in [0.15, 0.2) is 5.82 Å². The van der Waals surface area contributed by atoms with Crippen LogP contribution in [0.3, 0.4) is 0 Å². The predicted molar refractivity (Wildman–Crippen MR) is 142 cm³/mol. The predicted octanol–water partition coefficient (Wildman–Crippen LogP) is 4.80. The van der Waals surface area contributed by atoms with Crippen molar-refractivity contribution in [3.8, 4) is 0 Å². The maximum atomic E-state index is 13.6. The average molecular weight is 507 g/mol. The van der Waals surface area contributed by atoms with Crippen LogP contribution in [-0.4, -0.2) is 49.3 Å². The first kappa shape index (κ1) is 24.8. The van der Waals surface area contributed by atoms with Gasteiger partial charge in [0.05, 0.1) is 11.6 Å². The first-order valence-electron chi connectivity index (χ1n) is 12.7. The molecule has 1 fully saturated rings. The third kappa shape index (κ3) is 5.00. The standard InChI is InChI=1S/C27H34N6O2S/c1-5-27(3,4)33-25(29-30-31-33)24(22-15-19-14-18(2)10-11-23(19)28-26(22)34)32(16-20-8-6-12-35-20)17-21-9-7-13-36-21/h7,9-11,13-15,20,24H,5-6,8,12,16-17H2,1-4H3,(H,28,34)/t20-,24-/m1/s1. The van der Waals surface area contributed by atoms with Gasteiger partial charge in [-0.2, -0.15) is 0 Å². The number of ether oxygens (including phenoxy) is 1. The van der Waals surface area contributed by atoms with Crippen molar-refractivity contribution < 1.29 is 4.74 Å². The van der Waals surface area contributed by atoms with E-state index in [0.717, 1.165) is 42.3 Å². The molecule has 190 valence electrons. The largest absolute Gasteiger partial charge is 0.377 e. The molecule has 0 unspecified atom stereocenters. The van der Waals surface area contributed by atoms with Crippen LogP contribution in [0.15, 0.2) is 46.6 Å². The van der Waals surface area contributed by atoms with E-state index in [0.29, 0.717) is 24.5 Å². The van der Waals surface area contributed by atoms with Crippen LogP contribution in [0.2, 0.25) is 0 Å². The zero-order valence-corrected chi connectivity index (χ0v) is 22.2. The van der Waals surface area contributed by atoms with Crippen molar-refractivity contribution in [1.29, 1.82) is 0 Å². The molecule has 1 N–H and O–H groups in total. The molecule has 3 aromatic heterocycles. The van der Waals surface area contributed by atoms with Crippen LogP contribution in [0.5, 0.6) is 0 Å². The number of hydrogen-bond acceptors (Lipinski definition) is 7. The molecule has 9 heteroatoms. The number of tetrazole rings is 1. The highest BCUT2D eigenvalue weighted by Gasteiger charge is 2.36. The van der Waals surface area contributed by atoms with Crippen molar-refractivity contribution in [3.63, 3.8) is 0 Å². The summed E-state index contributed by atoms with van der Waals surface area (Å²) < 4.78 is 7.96. The SMILES string of the molecule is CCC(C)(C)n1nnnc1[C@@H](c1cc2cc(C)ccc2[nH]c1=O)N(Cc1cccs1)C[C@H]1CCCO1. The van der Waals surface area contributed by atoms with Crippen molar-refractivity contribution in [1.82, 2.24) is 30.1 Å². The summed E-state index contributed by atoms with van der Waals surface area (Å²) >= 11 is 1.72. The summed E-state index contributed by atoms with van der Waals surface area (Å²) in [6.45, 7) is 10.6. The van der Waals surface area contributed by atoms with Gasteiger partial charge in [0, 0.05) is 35.7 Å². The second-order valence-corrected chi connectivity index (χ2v) is 11.3. The monoisotopic (exact) mass is 506 g/mol. The number of benzene rings is 1. The highest BCUT2D eigenvalue weighted by molar-refractivity contribution is 7.09. The number of H-pyrrole nitrogens is 1. The molecule has 1 aromatic carbocycles. The number of pyridine rings is 1. The van der Waals surface area contributed by atoms with Gasteiger partial charge in [-0.3, -0.25) is 9.69 Å². The first-order valence-corrected chi connectivity index (χ1v) is 13.5. The summed E-state index contributed by atoms with van der Waals surface area (Å²) in [7, 11) is 0. The van der Waals surface area contributed by atoms with E-state index in [2.05, 4.69) is 76.7 Å². The molecule has 4 aromatic rings. The minimum Gasteiger partial charge on any atom is -0.377 e. The minimum atomic E-state index is -0.439. The molecule has 0 bridgehead atoms.